The van der Waals surface area contributed by atoms with Gasteiger partial charge in [-0.1, -0.05) is 12.1 Å². The van der Waals surface area contributed by atoms with Crippen LogP contribution in [0.3, 0.4) is 0 Å². The van der Waals surface area contributed by atoms with Gasteiger partial charge in [0.25, 0.3) is 5.91 Å². The first-order valence-corrected chi connectivity index (χ1v) is 5.67. The summed E-state index contributed by atoms with van der Waals surface area (Å²) in [5.41, 5.74) is 1.71. The van der Waals surface area contributed by atoms with Crippen LogP contribution in [0.2, 0.25) is 0 Å². The standard InChI is InChI=1S/C14H12N2O3/c17-13(18)9-10-2-1-3-12(8-10)16-14(19)11-4-6-15-7-5-11/h1-8H,9H2,(H,16,19)(H,17,18). The molecular formula is C14H12N2O3. The number of pyridine rings is 1. The molecule has 19 heavy (non-hydrogen) atoms. The third kappa shape index (κ3) is 3.64. The number of rotatable bonds is 4. The van der Waals surface area contributed by atoms with Gasteiger partial charge >= 0.3 is 5.97 Å². The molecule has 0 saturated carbocycles. The van der Waals surface area contributed by atoms with E-state index < -0.39 is 5.97 Å². The van der Waals surface area contributed by atoms with E-state index in [9.17, 15) is 9.59 Å². The third-order valence-corrected chi connectivity index (χ3v) is 2.48. The van der Waals surface area contributed by atoms with Crippen molar-refractivity contribution in [3.63, 3.8) is 0 Å². The van der Waals surface area contributed by atoms with Crippen molar-refractivity contribution >= 4 is 17.6 Å². The second kappa shape index (κ2) is 5.77. The maximum absolute atomic E-state index is 11.9. The van der Waals surface area contributed by atoms with E-state index in [-0.39, 0.29) is 12.3 Å². The Hall–Kier alpha value is -2.69. The van der Waals surface area contributed by atoms with Gasteiger partial charge in [0.05, 0.1) is 6.42 Å². The zero-order valence-electron chi connectivity index (χ0n) is 10.0. The van der Waals surface area contributed by atoms with Gasteiger partial charge in [0.1, 0.15) is 0 Å². The van der Waals surface area contributed by atoms with Gasteiger partial charge in [0.15, 0.2) is 0 Å². The fourth-order valence-corrected chi connectivity index (χ4v) is 1.64. The molecule has 2 aromatic rings. The molecule has 1 aromatic heterocycles. The van der Waals surface area contributed by atoms with Crippen molar-refractivity contribution in [1.82, 2.24) is 4.98 Å². The molecule has 0 aliphatic carbocycles. The summed E-state index contributed by atoms with van der Waals surface area (Å²) in [6.45, 7) is 0. The van der Waals surface area contributed by atoms with E-state index in [0.717, 1.165) is 0 Å². The Morgan fingerprint density at radius 2 is 1.89 bits per heavy atom. The molecule has 96 valence electrons. The van der Waals surface area contributed by atoms with Crippen molar-refractivity contribution in [3.8, 4) is 0 Å². The molecule has 0 unspecified atom stereocenters. The summed E-state index contributed by atoms with van der Waals surface area (Å²) in [7, 11) is 0. The zero-order chi connectivity index (χ0) is 13.7. The molecule has 0 bridgehead atoms. The minimum Gasteiger partial charge on any atom is -0.481 e. The highest BCUT2D eigenvalue weighted by atomic mass is 16.4. The highest BCUT2D eigenvalue weighted by Crippen LogP contribution is 2.12. The quantitative estimate of drug-likeness (QED) is 0.876. The molecule has 5 heteroatoms. The van der Waals surface area contributed by atoms with E-state index in [0.29, 0.717) is 16.8 Å². The van der Waals surface area contributed by atoms with Gasteiger partial charge in [-0.2, -0.15) is 0 Å². The third-order valence-electron chi connectivity index (χ3n) is 2.48. The maximum Gasteiger partial charge on any atom is 0.307 e. The lowest BCUT2D eigenvalue weighted by Crippen LogP contribution is -2.12. The largest absolute Gasteiger partial charge is 0.481 e. The first-order chi connectivity index (χ1) is 9.15. The van der Waals surface area contributed by atoms with Crippen LogP contribution in [0.15, 0.2) is 48.8 Å². The molecule has 0 spiro atoms. The first kappa shape index (κ1) is 12.8. The number of hydrogen-bond acceptors (Lipinski definition) is 3. The van der Waals surface area contributed by atoms with Crippen LogP contribution >= 0.6 is 0 Å². The van der Waals surface area contributed by atoms with Crippen molar-refractivity contribution in [2.24, 2.45) is 0 Å². The number of amides is 1. The number of nitrogens with zero attached hydrogens (tertiary/aromatic N) is 1. The Balaban J connectivity index is 2.11. The average Bonchev–Trinajstić information content (AvgIpc) is 2.39. The van der Waals surface area contributed by atoms with Crippen LogP contribution in [0.1, 0.15) is 15.9 Å². The smallest absolute Gasteiger partial charge is 0.307 e. The minimum absolute atomic E-state index is 0.0705. The Labute approximate surface area is 109 Å². The number of carboxylic acid groups (broad SMARTS) is 1. The molecule has 5 nitrogen and oxygen atoms in total. The van der Waals surface area contributed by atoms with Gasteiger partial charge < -0.3 is 10.4 Å². The fourth-order valence-electron chi connectivity index (χ4n) is 1.64. The topological polar surface area (TPSA) is 79.3 Å². The van der Waals surface area contributed by atoms with E-state index >= 15 is 0 Å². The number of carbonyl (C=O) groups is 2. The molecular weight excluding hydrogens is 244 g/mol. The normalized spacial score (nSPS) is 9.89. The number of anilines is 1. The maximum atomic E-state index is 11.9. The van der Waals surface area contributed by atoms with E-state index in [4.69, 9.17) is 5.11 Å². The average molecular weight is 256 g/mol. The lowest BCUT2D eigenvalue weighted by Gasteiger charge is -2.06. The van der Waals surface area contributed by atoms with Crippen LogP contribution in [0.4, 0.5) is 5.69 Å². The highest BCUT2D eigenvalue weighted by Gasteiger charge is 2.06. The first-order valence-electron chi connectivity index (χ1n) is 5.67. The molecule has 0 aliphatic rings. The minimum atomic E-state index is -0.905. The summed E-state index contributed by atoms with van der Waals surface area (Å²) < 4.78 is 0. The van der Waals surface area contributed by atoms with Gasteiger partial charge in [-0.15, -0.1) is 0 Å². The van der Waals surface area contributed by atoms with Gasteiger partial charge in [0.2, 0.25) is 0 Å². The van der Waals surface area contributed by atoms with Crippen molar-refractivity contribution in [2.75, 3.05) is 5.32 Å². The predicted octanol–water partition coefficient (Wildman–Crippen LogP) is 1.96. The van der Waals surface area contributed by atoms with Gasteiger partial charge in [-0.3, -0.25) is 14.6 Å². The number of hydrogen-bond donors (Lipinski definition) is 2. The van der Waals surface area contributed by atoms with Crippen LogP contribution in [0.25, 0.3) is 0 Å². The van der Waals surface area contributed by atoms with Crippen molar-refractivity contribution < 1.29 is 14.7 Å². The molecule has 0 atom stereocenters. The molecule has 2 N–H and O–H groups in total. The summed E-state index contributed by atoms with van der Waals surface area (Å²) in [5, 5.41) is 11.4. The molecule has 0 fully saturated rings. The molecule has 2 rings (SSSR count). The second-order valence-electron chi connectivity index (χ2n) is 3.96. The highest BCUT2D eigenvalue weighted by molar-refractivity contribution is 6.04. The number of aliphatic carboxylic acids is 1. The molecule has 0 radical (unpaired) electrons. The van der Waals surface area contributed by atoms with Gasteiger partial charge in [-0.05, 0) is 29.8 Å². The molecule has 0 saturated heterocycles. The van der Waals surface area contributed by atoms with Crippen LogP contribution < -0.4 is 5.32 Å². The Kier molecular flexibility index (Phi) is 3.87. The van der Waals surface area contributed by atoms with E-state index in [1.807, 2.05) is 0 Å². The van der Waals surface area contributed by atoms with E-state index in [2.05, 4.69) is 10.3 Å². The van der Waals surface area contributed by atoms with Gasteiger partial charge in [-0.25, -0.2) is 0 Å². The molecule has 1 aromatic carbocycles. The summed E-state index contributed by atoms with van der Waals surface area (Å²) in [5.74, 6) is -1.16. The lowest BCUT2D eigenvalue weighted by atomic mass is 10.1. The lowest BCUT2D eigenvalue weighted by molar-refractivity contribution is -0.136. The number of carbonyl (C=O) groups excluding carboxylic acids is 1. The summed E-state index contributed by atoms with van der Waals surface area (Å²) in [4.78, 5) is 26.4. The van der Waals surface area contributed by atoms with Crippen molar-refractivity contribution in [2.45, 2.75) is 6.42 Å². The Morgan fingerprint density at radius 3 is 2.58 bits per heavy atom. The number of carboxylic acids is 1. The summed E-state index contributed by atoms with van der Waals surface area (Å²) in [6, 6.07) is 9.99. The van der Waals surface area contributed by atoms with Crippen LogP contribution in [0, 0.1) is 0 Å². The van der Waals surface area contributed by atoms with E-state index in [1.54, 1.807) is 36.4 Å². The fraction of sp³-hybridized carbons (Fsp3) is 0.0714. The summed E-state index contributed by atoms with van der Waals surface area (Å²) >= 11 is 0. The van der Waals surface area contributed by atoms with Crippen LogP contribution in [0.5, 0.6) is 0 Å². The number of benzene rings is 1. The predicted molar refractivity (Wildman–Crippen MR) is 70.0 cm³/mol. The molecule has 1 amide bonds. The Bertz CT molecular complexity index is 597. The molecule has 0 aliphatic heterocycles. The van der Waals surface area contributed by atoms with E-state index in [1.165, 1.54) is 12.4 Å². The SMILES string of the molecule is O=C(O)Cc1cccc(NC(=O)c2ccncc2)c1. The Morgan fingerprint density at radius 1 is 1.16 bits per heavy atom. The van der Waals surface area contributed by atoms with Crippen LogP contribution in [-0.2, 0) is 11.2 Å². The zero-order valence-corrected chi connectivity index (χ0v) is 10.0. The van der Waals surface area contributed by atoms with Gasteiger partial charge in [0, 0.05) is 23.6 Å². The van der Waals surface area contributed by atoms with Crippen molar-refractivity contribution in [3.05, 3.63) is 59.9 Å². The number of nitrogens with one attached hydrogen (secondary N) is 1. The molecule has 1 heterocycles. The van der Waals surface area contributed by atoms with Crippen LogP contribution in [-0.4, -0.2) is 22.0 Å². The summed E-state index contributed by atoms with van der Waals surface area (Å²) in [6.07, 6.45) is 3.00. The van der Waals surface area contributed by atoms with Crippen molar-refractivity contribution in [1.29, 1.82) is 0 Å². The second-order valence-corrected chi connectivity index (χ2v) is 3.96. The number of aromatic nitrogens is 1. The monoisotopic (exact) mass is 256 g/mol.